The number of esters is 1. The zero-order valence-electron chi connectivity index (χ0n) is 21.1. The molecule has 8 heteroatoms. The van der Waals surface area contributed by atoms with Crippen molar-refractivity contribution in [3.63, 3.8) is 0 Å². The summed E-state index contributed by atoms with van der Waals surface area (Å²) in [6.45, 7) is 10.2. The highest BCUT2D eigenvalue weighted by molar-refractivity contribution is 5.89. The third kappa shape index (κ3) is 5.42. The molecule has 1 heterocycles. The lowest BCUT2D eigenvalue weighted by molar-refractivity contribution is -0.137. The zero-order valence-corrected chi connectivity index (χ0v) is 21.1. The first kappa shape index (κ1) is 25.8. The van der Waals surface area contributed by atoms with Crippen molar-refractivity contribution in [2.45, 2.75) is 59.7 Å². The smallest absolute Gasteiger partial charge is 0.419 e. The molecule has 2 aromatic carbocycles. The highest BCUT2D eigenvalue weighted by Gasteiger charge is 2.42. The van der Waals surface area contributed by atoms with E-state index in [1.807, 2.05) is 38.1 Å². The second kappa shape index (κ2) is 9.64. The summed E-state index contributed by atoms with van der Waals surface area (Å²) < 4.78 is 52.1. The second-order valence-electron chi connectivity index (χ2n) is 10.3. The third-order valence-electron chi connectivity index (χ3n) is 6.67. The molecule has 1 aliphatic carbocycles. The summed E-state index contributed by atoms with van der Waals surface area (Å²) in [7, 11) is 0. The van der Waals surface area contributed by atoms with Crippen molar-refractivity contribution in [1.29, 1.82) is 0 Å². The van der Waals surface area contributed by atoms with Crippen LogP contribution in [0.15, 0.2) is 48.8 Å². The van der Waals surface area contributed by atoms with Crippen LogP contribution in [0, 0.1) is 25.2 Å². The standard InChI is InChI=1S/C28H31F3N2O3/c1-6-35-26(34)20-9-7-19(8-10-20)25(21-13-27(4,5)14-21)36-23-11-17(2)24(18(3)12-23)33-16-22(15-32-33)28(29,30)31/h7-12,15-16,21,25H,6,13-14H2,1-5H3. The Morgan fingerprint density at radius 3 is 2.25 bits per heavy atom. The lowest BCUT2D eigenvalue weighted by atomic mass is 9.62. The van der Waals surface area contributed by atoms with Crippen molar-refractivity contribution in [2.24, 2.45) is 11.3 Å². The maximum Gasteiger partial charge on any atom is 0.419 e. The number of aromatic nitrogens is 2. The number of carbonyl (C=O) groups is 1. The van der Waals surface area contributed by atoms with E-state index in [-0.39, 0.29) is 17.5 Å². The van der Waals surface area contributed by atoms with Gasteiger partial charge in [-0.25, -0.2) is 9.48 Å². The summed E-state index contributed by atoms with van der Waals surface area (Å²) in [5, 5.41) is 3.93. The van der Waals surface area contributed by atoms with E-state index < -0.39 is 11.7 Å². The molecular formula is C28H31F3N2O3. The first-order valence-corrected chi connectivity index (χ1v) is 12.0. The molecular weight excluding hydrogens is 469 g/mol. The number of halogens is 3. The van der Waals surface area contributed by atoms with Crippen LogP contribution in [-0.2, 0) is 10.9 Å². The summed E-state index contributed by atoms with van der Waals surface area (Å²) in [6, 6.07) is 11.0. The largest absolute Gasteiger partial charge is 0.485 e. The van der Waals surface area contributed by atoms with Crippen LogP contribution < -0.4 is 4.74 Å². The Labute approximate surface area is 209 Å². The quantitative estimate of drug-likeness (QED) is 0.321. The molecule has 1 saturated carbocycles. The normalized spacial score (nSPS) is 16.3. The lowest BCUT2D eigenvalue weighted by Gasteiger charge is -2.46. The number of benzene rings is 2. The van der Waals surface area contributed by atoms with Gasteiger partial charge in [0.25, 0.3) is 0 Å². The average molecular weight is 501 g/mol. The maximum absolute atomic E-state index is 13.1. The fraction of sp³-hybridized carbons (Fsp3) is 0.429. The van der Waals surface area contributed by atoms with E-state index in [4.69, 9.17) is 9.47 Å². The minimum atomic E-state index is -4.45. The molecule has 5 nitrogen and oxygen atoms in total. The molecule has 0 amide bonds. The van der Waals surface area contributed by atoms with Crippen LogP contribution in [0.3, 0.4) is 0 Å². The molecule has 1 atom stereocenters. The first-order valence-electron chi connectivity index (χ1n) is 12.0. The molecule has 0 bridgehead atoms. The van der Waals surface area contributed by atoms with Crippen molar-refractivity contribution in [1.82, 2.24) is 9.78 Å². The summed E-state index contributed by atoms with van der Waals surface area (Å²) >= 11 is 0. The second-order valence-corrected chi connectivity index (χ2v) is 10.3. The van der Waals surface area contributed by atoms with E-state index in [2.05, 4.69) is 18.9 Å². The van der Waals surface area contributed by atoms with Gasteiger partial charge >= 0.3 is 12.1 Å². The predicted octanol–water partition coefficient (Wildman–Crippen LogP) is 7.24. The van der Waals surface area contributed by atoms with Crippen LogP contribution in [0.2, 0.25) is 0 Å². The number of hydrogen-bond donors (Lipinski definition) is 0. The van der Waals surface area contributed by atoms with E-state index >= 15 is 0 Å². The van der Waals surface area contributed by atoms with Gasteiger partial charge in [-0.1, -0.05) is 26.0 Å². The first-order chi connectivity index (χ1) is 16.9. The Morgan fingerprint density at radius 1 is 1.14 bits per heavy atom. The highest BCUT2D eigenvalue weighted by atomic mass is 19.4. The minimum Gasteiger partial charge on any atom is -0.485 e. The zero-order chi connectivity index (χ0) is 26.3. The van der Waals surface area contributed by atoms with Gasteiger partial charge in [0.2, 0.25) is 0 Å². The molecule has 0 saturated heterocycles. The van der Waals surface area contributed by atoms with Gasteiger partial charge < -0.3 is 9.47 Å². The predicted molar refractivity (Wildman–Crippen MR) is 130 cm³/mol. The molecule has 36 heavy (non-hydrogen) atoms. The van der Waals surface area contributed by atoms with Crippen molar-refractivity contribution >= 4 is 5.97 Å². The Hall–Kier alpha value is -3.29. The van der Waals surface area contributed by atoms with Gasteiger partial charge in [0.1, 0.15) is 11.9 Å². The van der Waals surface area contributed by atoms with Crippen LogP contribution in [0.4, 0.5) is 13.2 Å². The van der Waals surface area contributed by atoms with E-state index in [0.717, 1.165) is 41.9 Å². The van der Waals surface area contributed by atoms with Crippen molar-refractivity contribution in [3.05, 3.63) is 76.6 Å². The number of hydrogen-bond acceptors (Lipinski definition) is 4. The number of alkyl halides is 3. The molecule has 0 radical (unpaired) electrons. The molecule has 192 valence electrons. The van der Waals surface area contributed by atoms with E-state index in [1.54, 1.807) is 19.1 Å². The lowest BCUT2D eigenvalue weighted by Crippen LogP contribution is -2.37. The molecule has 1 aromatic heterocycles. The molecule has 3 aromatic rings. The Balaban J connectivity index is 1.62. The van der Waals surface area contributed by atoms with Gasteiger partial charge in [-0.15, -0.1) is 0 Å². The molecule has 4 rings (SSSR count). The third-order valence-corrected chi connectivity index (χ3v) is 6.67. The van der Waals surface area contributed by atoms with Crippen LogP contribution in [0.25, 0.3) is 5.69 Å². The molecule has 1 fully saturated rings. The molecule has 0 spiro atoms. The van der Waals surface area contributed by atoms with Gasteiger partial charge in [0.15, 0.2) is 0 Å². The van der Waals surface area contributed by atoms with Crippen LogP contribution in [-0.4, -0.2) is 22.4 Å². The van der Waals surface area contributed by atoms with Crippen molar-refractivity contribution < 1.29 is 27.4 Å². The Bertz CT molecular complexity index is 1210. The molecule has 0 N–H and O–H groups in total. The van der Waals surface area contributed by atoms with E-state index in [1.165, 1.54) is 4.68 Å². The molecule has 1 unspecified atom stereocenters. The molecule has 1 aliphatic rings. The topological polar surface area (TPSA) is 53.4 Å². The summed E-state index contributed by atoms with van der Waals surface area (Å²) in [6.07, 6.45) is -0.838. The fourth-order valence-corrected chi connectivity index (χ4v) is 5.12. The Kier molecular flexibility index (Phi) is 6.90. The Morgan fingerprint density at radius 2 is 1.75 bits per heavy atom. The van der Waals surface area contributed by atoms with Gasteiger partial charge in [-0.05, 0) is 80.0 Å². The van der Waals surface area contributed by atoms with Crippen molar-refractivity contribution in [3.8, 4) is 11.4 Å². The monoisotopic (exact) mass is 500 g/mol. The number of aryl methyl sites for hydroxylation is 2. The van der Waals surface area contributed by atoms with Gasteiger partial charge in [-0.2, -0.15) is 18.3 Å². The summed E-state index contributed by atoms with van der Waals surface area (Å²) in [5.74, 6) is 0.579. The number of rotatable bonds is 7. The number of carbonyl (C=O) groups excluding carboxylic acids is 1. The number of nitrogens with zero attached hydrogens (tertiary/aromatic N) is 2. The number of ether oxygens (including phenoxy) is 2. The van der Waals surface area contributed by atoms with Crippen LogP contribution in [0.5, 0.6) is 5.75 Å². The van der Waals surface area contributed by atoms with Gasteiger partial charge in [0.05, 0.1) is 29.6 Å². The van der Waals surface area contributed by atoms with Gasteiger partial charge in [0, 0.05) is 12.1 Å². The van der Waals surface area contributed by atoms with Crippen molar-refractivity contribution in [2.75, 3.05) is 6.61 Å². The van der Waals surface area contributed by atoms with E-state index in [0.29, 0.717) is 29.5 Å². The average Bonchev–Trinajstić information content (AvgIpc) is 3.26. The SMILES string of the molecule is CCOC(=O)c1ccc(C(Oc2cc(C)c(-n3cc(C(F)(F)F)cn3)c(C)c2)C2CC(C)(C)C2)cc1. The van der Waals surface area contributed by atoms with E-state index in [9.17, 15) is 18.0 Å². The van der Waals surface area contributed by atoms with Crippen LogP contribution >= 0.6 is 0 Å². The summed E-state index contributed by atoms with van der Waals surface area (Å²) in [4.78, 5) is 12.1. The van der Waals surface area contributed by atoms with Crippen LogP contribution in [0.1, 0.15) is 72.3 Å². The fourth-order valence-electron chi connectivity index (χ4n) is 5.12. The minimum absolute atomic E-state index is 0.222. The highest BCUT2D eigenvalue weighted by Crippen LogP contribution is 2.51. The van der Waals surface area contributed by atoms with Gasteiger partial charge in [-0.3, -0.25) is 0 Å². The molecule has 0 aliphatic heterocycles. The maximum atomic E-state index is 13.1. The summed E-state index contributed by atoms with van der Waals surface area (Å²) in [5.41, 5.74) is 3.01.